The summed E-state index contributed by atoms with van der Waals surface area (Å²) in [6.45, 7) is 3.83. The molecule has 5 rings (SSSR count). The van der Waals surface area contributed by atoms with Crippen molar-refractivity contribution in [2.45, 2.75) is 19.9 Å². The van der Waals surface area contributed by atoms with E-state index in [0.29, 0.717) is 26.8 Å². The number of fused-ring (bicyclic) bond motifs is 1. The molecule has 1 amide bonds. The number of thiazole rings is 1. The predicted octanol–water partition coefficient (Wildman–Crippen LogP) is 6.96. The van der Waals surface area contributed by atoms with Crippen molar-refractivity contribution in [3.05, 3.63) is 98.0 Å². The number of aliphatic hydroxyl groups is 1. The number of halogens is 2. The molecule has 0 aliphatic carbocycles. The van der Waals surface area contributed by atoms with Gasteiger partial charge in [0.15, 0.2) is 5.13 Å². The average Bonchev–Trinajstić information content (AvgIpc) is 3.33. The van der Waals surface area contributed by atoms with Crippen LogP contribution >= 0.6 is 38.9 Å². The number of aliphatic hydroxyl groups excluding tert-OH is 1. The quantitative estimate of drug-likeness (QED) is 0.169. The van der Waals surface area contributed by atoms with Crippen LogP contribution in [0.3, 0.4) is 0 Å². The van der Waals surface area contributed by atoms with E-state index in [-0.39, 0.29) is 11.3 Å². The van der Waals surface area contributed by atoms with Crippen molar-refractivity contribution in [3.8, 4) is 0 Å². The van der Waals surface area contributed by atoms with E-state index in [9.17, 15) is 14.7 Å². The lowest BCUT2D eigenvalue weighted by atomic mass is 9.94. The van der Waals surface area contributed by atoms with Crippen LogP contribution in [0.2, 0.25) is 5.02 Å². The third-order valence-corrected chi connectivity index (χ3v) is 7.92. The molecule has 0 spiro atoms. The Balaban J connectivity index is 1.74. The van der Waals surface area contributed by atoms with Crippen molar-refractivity contribution in [2.75, 3.05) is 4.90 Å². The summed E-state index contributed by atoms with van der Waals surface area (Å²) in [6, 6.07) is 17.3. The molecule has 5 nitrogen and oxygen atoms in total. The molecule has 1 unspecified atom stereocenters. The molecule has 34 heavy (non-hydrogen) atoms. The Hall–Kier alpha value is -3.00. The first-order valence-corrected chi connectivity index (χ1v) is 12.4. The van der Waals surface area contributed by atoms with Crippen molar-refractivity contribution >= 4 is 71.7 Å². The van der Waals surface area contributed by atoms with Crippen LogP contribution in [0.15, 0.2) is 70.7 Å². The fourth-order valence-electron chi connectivity index (χ4n) is 4.12. The van der Waals surface area contributed by atoms with Gasteiger partial charge in [-0.1, -0.05) is 74.8 Å². The van der Waals surface area contributed by atoms with Crippen LogP contribution in [0.25, 0.3) is 16.0 Å². The predicted molar refractivity (Wildman–Crippen MR) is 139 cm³/mol. The van der Waals surface area contributed by atoms with Gasteiger partial charge >= 0.3 is 5.91 Å². The van der Waals surface area contributed by atoms with Gasteiger partial charge in [-0.3, -0.25) is 14.5 Å². The van der Waals surface area contributed by atoms with Crippen LogP contribution in [0.1, 0.15) is 28.3 Å². The third-order valence-electron chi connectivity index (χ3n) is 5.78. The Morgan fingerprint density at radius 1 is 1.09 bits per heavy atom. The van der Waals surface area contributed by atoms with Gasteiger partial charge in [-0.2, -0.15) is 0 Å². The number of ketones is 1. The molecule has 1 N–H and O–H groups in total. The molecule has 1 aromatic heterocycles. The molecular formula is C26H18BrClN2O3S. The van der Waals surface area contributed by atoms with Gasteiger partial charge < -0.3 is 5.11 Å². The van der Waals surface area contributed by atoms with Crippen molar-refractivity contribution in [1.29, 1.82) is 0 Å². The molecular weight excluding hydrogens is 536 g/mol. The summed E-state index contributed by atoms with van der Waals surface area (Å²) in [4.78, 5) is 32.7. The maximum atomic E-state index is 13.3. The summed E-state index contributed by atoms with van der Waals surface area (Å²) < 4.78 is 1.68. The van der Waals surface area contributed by atoms with Gasteiger partial charge in [-0.25, -0.2) is 4.98 Å². The highest BCUT2D eigenvalue weighted by Crippen LogP contribution is 2.44. The molecule has 2 heterocycles. The molecule has 0 radical (unpaired) electrons. The monoisotopic (exact) mass is 552 g/mol. The number of aryl methyl sites for hydroxylation is 2. The Labute approximate surface area is 213 Å². The van der Waals surface area contributed by atoms with Crippen LogP contribution in [0, 0.1) is 13.8 Å². The van der Waals surface area contributed by atoms with E-state index in [0.717, 1.165) is 20.3 Å². The van der Waals surface area contributed by atoms with Crippen molar-refractivity contribution in [1.82, 2.24) is 4.98 Å². The van der Waals surface area contributed by atoms with E-state index in [1.165, 1.54) is 16.2 Å². The Bertz CT molecular complexity index is 1530. The molecule has 1 aliphatic rings. The molecule has 170 valence electrons. The number of anilines is 1. The minimum atomic E-state index is -0.820. The molecule has 1 saturated heterocycles. The van der Waals surface area contributed by atoms with E-state index in [1.54, 1.807) is 36.4 Å². The summed E-state index contributed by atoms with van der Waals surface area (Å²) in [5.41, 5.74) is 3.76. The zero-order valence-corrected chi connectivity index (χ0v) is 21.3. The molecule has 0 bridgehead atoms. The lowest BCUT2D eigenvalue weighted by molar-refractivity contribution is -0.132. The van der Waals surface area contributed by atoms with Crippen LogP contribution < -0.4 is 4.90 Å². The van der Waals surface area contributed by atoms with Gasteiger partial charge in [0.1, 0.15) is 5.76 Å². The summed E-state index contributed by atoms with van der Waals surface area (Å²) >= 11 is 10.9. The smallest absolute Gasteiger partial charge is 0.301 e. The van der Waals surface area contributed by atoms with Gasteiger partial charge in [0, 0.05) is 15.1 Å². The number of hydrogen-bond acceptors (Lipinski definition) is 5. The van der Waals surface area contributed by atoms with E-state index < -0.39 is 17.7 Å². The molecule has 8 heteroatoms. The summed E-state index contributed by atoms with van der Waals surface area (Å²) in [5, 5.41) is 12.2. The van der Waals surface area contributed by atoms with E-state index in [2.05, 4.69) is 20.9 Å². The number of amides is 1. The molecule has 0 saturated carbocycles. The van der Waals surface area contributed by atoms with Crippen LogP contribution in [0.4, 0.5) is 5.13 Å². The summed E-state index contributed by atoms with van der Waals surface area (Å²) in [7, 11) is 0. The standard InChI is InChI=1S/C26H18BrClN2O3S/c1-13-4-3-5-15(10-13)22-21(23(31)16-6-8-18(27)14(2)11-16)24(32)25(33)30(22)26-29-19-9-7-17(28)12-20(19)34-26/h3-12,22,31H,1-2H3/b23-21+. The van der Waals surface area contributed by atoms with E-state index in [1.807, 2.05) is 38.1 Å². The number of carbonyl (C=O) groups is 2. The Kier molecular flexibility index (Phi) is 5.80. The van der Waals surface area contributed by atoms with Crippen LogP contribution in [-0.4, -0.2) is 21.8 Å². The number of benzene rings is 3. The normalized spacial score (nSPS) is 17.6. The van der Waals surface area contributed by atoms with Gasteiger partial charge in [0.25, 0.3) is 5.78 Å². The largest absolute Gasteiger partial charge is 0.507 e. The van der Waals surface area contributed by atoms with Crippen LogP contribution in [-0.2, 0) is 9.59 Å². The van der Waals surface area contributed by atoms with E-state index >= 15 is 0 Å². The fourth-order valence-corrected chi connectivity index (χ4v) is 5.64. The topological polar surface area (TPSA) is 70.5 Å². The fraction of sp³-hybridized carbons (Fsp3) is 0.115. The number of nitrogens with zero attached hydrogens (tertiary/aromatic N) is 2. The summed E-state index contributed by atoms with van der Waals surface area (Å²) in [5.74, 6) is -1.69. The second kappa shape index (κ2) is 8.65. The highest BCUT2D eigenvalue weighted by molar-refractivity contribution is 9.10. The minimum Gasteiger partial charge on any atom is -0.507 e. The number of rotatable bonds is 3. The van der Waals surface area contributed by atoms with Gasteiger partial charge in [0.05, 0.1) is 21.8 Å². The minimum absolute atomic E-state index is 0.0367. The molecule has 1 atom stereocenters. The molecule has 3 aromatic carbocycles. The lowest BCUT2D eigenvalue weighted by Crippen LogP contribution is -2.29. The molecule has 1 fully saturated rings. The molecule has 4 aromatic rings. The maximum Gasteiger partial charge on any atom is 0.301 e. The van der Waals surface area contributed by atoms with Gasteiger partial charge in [0.2, 0.25) is 0 Å². The number of aromatic nitrogens is 1. The first kappa shape index (κ1) is 22.8. The Morgan fingerprint density at radius 3 is 2.62 bits per heavy atom. The first-order valence-electron chi connectivity index (χ1n) is 10.4. The highest BCUT2D eigenvalue weighted by Gasteiger charge is 2.48. The third kappa shape index (κ3) is 3.83. The second-order valence-corrected chi connectivity index (χ2v) is 10.5. The highest BCUT2D eigenvalue weighted by atomic mass is 79.9. The molecule has 1 aliphatic heterocycles. The zero-order valence-electron chi connectivity index (χ0n) is 18.2. The number of carbonyl (C=O) groups excluding carboxylic acids is 2. The van der Waals surface area contributed by atoms with Crippen molar-refractivity contribution in [2.24, 2.45) is 0 Å². The average molecular weight is 554 g/mol. The Morgan fingerprint density at radius 2 is 1.88 bits per heavy atom. The maximum absolute atomic E-state index is 13.3. The van der Waals surface area contributed by atoms with Crippen molar-refractivity contribution in [3.63, 3.8) is 0 Å². The van der Waals surface area contributed by atoms with Crippen molar-refractivity contribution < 1.29 is 14.7 Å². The summed E-state index contributed by atoms with van der Waals surface area (Å²) in [6.07, 6.45) is 0. The first-order chi connectivity index (χ1) is 16.2. The second-order valence-electron chi connectivity index (χ2n) is 8.16. The number of hydrogen-bond donors (Lipinski definition) is 1. The van der Waals surface area contributed by atoms with E-state index in [4.69, 9.17) is 11.6 Å². The van der Waals surface area contributed by atoms with Gasteiger partial charge in [-0.05, 0) is 55.3 Å². The lowest BCUT2D eigenvalue weighted by Gasteiger charge is -2.23. The van der Waals surface area contributed by atoms with Gasteiger partial charge in [-0.15, -0.1) is 0 Å². The SMILES string of the molecule is Cc1cccc(C2/C(=C(\O)c3ccc(Br)c(C)c3)C(=O)C(=O)N2c2nc3ccc(Cl)cc3s2)c1. The zero-order chi connectivity index (χ0) is 24.1. The van der Waals surface area contributed by atoms with Crippen LogP contribution in [0.5, 0.6) is 0 Å². The number of Topliss-reactive ketones (excluding diaryl/α,β-unsaturated/α-hetero) is 1.